The molecule has 2 heterocycles. The van der Waals surface area contributed by atoms with Gasteiger partial charge in [0.25, 0.3) is 0 Å². The SMILES string of the molecule is CCn1nc(C)c(Cl)c1CSc1nc(CC(=O)O)cs1. The largest absolute Gasteiger partial charge is 0.481 e. The second-order valence-electron chi connectivity index (χ2n) is 4.13. The van der Waals surface area contributed by atoms with Crippen LogP contribution < -0.4 is 0 Å². The van der Waals surface area contributed by atoms with Crippen molar-refractivity contribution in [3.63, 3.8) is 0 Å². The monoisotopic (exact) mass is 331 g/mol. The molecule has 0 radical (unpaired) electrons. The summed E-state index contributed by atoms with van der Waals surface area (Å²) in [6, 6.07) is 0. The third-order valence-corrected chi connectivity index (χ3v) is 5.22. The highest BCUT2D eigenvalue weighted by molar-refractivity contribution is 8.00. The van der Waals surface area contributed by atoms with E-state index < -0.39 is 5.97 Å². The molecule has 2 aromatic heterocycles. The van der Waals surface area contributed by atoms with Gasteiger partial charge in [0.2, 0.25) is 0 Å². The van der Waals surface area contributed by atoms with Gasteiger partial charge in [-0.05, 0) is 13.8 Å². The first-order chi connectivity index (χ1) is 9.51. The maximum Gasteiger partial charge on any atom is 0.309 e. The molecule has 0 unspecified atom stereocenters. The summed E-state index contributed by atoms with van der Waals surface area (Å²) in [7, 11) is 0. The number of aliphatic carboxylic acids is 1. The highest BCUT2D eigenvalue weighted by atomic mass is 35.5. The minimum Gasteiger partial charge on any atom is -0.481 e. The molecule has 20 heavy (non-hydrogen) atoms. The van der Waals surface area contributed by atoms with Crippen LogP contribution in [0.4, 0.5) is 0 Å². The van der Waals surface area contributed by atoms with Gasteiger partial charge in [-0.15, -0.1) is 11.3 Å². The summed E-state index contributed by atoms with van der Waals surface area (Å²) >= 11 is 9.24. The minimum atomic E-state index is -0.866. The standard InChI is InChI=1S/C12H14ClN3O2S2/c1-3-16-9(11(13)7(2)15-16)6-20-12-14-8(5-19-12)4-10(17)18/h5H,3-4,6H2,1-2H3,(H,17,18). The molecule has 0 spiro atoms. The summed E-state index contributed by atoms with van der Waals surface area (Å²) in [5, 5.41) is 15.6. The van der Waals surface area contributed by atoms with E-state index in [1.165, 1.54) is 11.3 Å². The predicted octanol–water partition coefficient (Wildman–Crippen LogP) is 3.24. The number of aryl methyl sites for hydroxylation is 2. The lowest BCUT2D eigenvalue weighted by Gasteiger charge is -2.03. The molecule has 0 atom stereocenters. The number of thioether (sulfide) groups is 1. The zero-order valence-corrected chi connectivity index (χ0v) is 13.5. The van der Waals surface area contributed by atoms with E-state index in [0.717, 1.165) is 22.3 Å². The van der Waals surface area contributed by atoms with Gasteiger partial charge in [0.15, 0.2) is 4.34 Å². The Morgan fingerprint density at radius 2 is 2.35 bits per heavy atom. The Morgan fingerprint density at radius 3 is 3.00 bits per heavy atom. The molecule has 1 N–H and O–H groups in total. The number of halogens is 1. The van der Waals surface area contributed by atoms with Gasteiger partial charge < -0.3 is 5.11 Å². The number of nitrogens with zero attached hydrogens (tertiary/aromatic N) is 3. The molecule has 2 aromatic rings. The van der Waals surface area contributed by atoms with Gasteiger partial charge >= 0.3 is 5.97 Å². The van der Waals surface area contributed by atoms with E-state index in [-0.39, 0.29) is 6.42 Å². The average molecular weight is 332 g/mol. The highest BCUT2D eigenvalue weighted by Gasteiger charge is 2.14. The quantitative estimate of drug-likeness (QED) is 0.823. The molecular formula is C12H14ClN3O2S2. The van der Waals surface area contributed by atoms with Gasteiger partial charge in [-0.2, -0.15) is 5.10 Å². The Morgan fingerprint density at radius 1 is 1.60 bits per heavy atom. The Hall–Kier alpha value is -1.05. The molecule has 0 aromatic carbocycles. The number of hydrogen-bond donors (Lipinski definition) is 1. The van der Waals surface area contributed by atoms with E-state index in [9.17, 15) is 4.79 Å². The minimum absolute atomic E-state index is 0.0379. The second-order valence-corrected chi connectivity index (χ2v) is 6.58. The number of carboxylic acid groups (broad SMARTS) is 1. The van der Waals surface area contributed by atoms with Gasteiger partial charge in [-0.1, -0.05) is 23.4 Å². The molecule has 0 saturated carbocycles. The van der Waals surface area contributed by atoms with E-state index in [0.29, 0.717) is 16.5 Å². The fourth-order valence-electron chi connectivity index (χ4n) is 1.73. The highest BCUT2D eigenvalue weighted by Crippen LogP contribution is 2.30. The lowest BCUT2D eigenvalue weighted by atomic mass is 10.3. The average Bonchev–Trinajstić information content (AvgIpc) is 2.93. The van der Waals surface area contributed by atoms with Crippen molar-refractivity contribution in [2.24, 2.45) is 0 Å². The first-order valence-electron chi connectivity index (χ1n) is 6.02. The van der Waals surface area contributed by atoms with Gasteiger partial charge in [0.1, 0.15) is 0 Å². The van der Waals surface area contributed by atoms with E-state index in [2.05, 4.69) is 10.1 Å². The Labute approximate surface area is 130 Å². The zero-order chi connectivity index (χ0) is 14.7. The number of carboxylic acids is 1. The molecule has 0 fully saturated rings. The van der Waals surface area contributed by atoms with Crippen LogP contribution in [-0.4, -0.2) is 25.8 Å². The van der Waals surface area contributed by atoms with Crippen molar-refractivity contribution in [3.05, 3.63) is 27.5 Å². The summed E-state index contributed by atoms with van der Waals surface area (Å²) in [5.74, 6) is -0.192. The van der Waals surface area contributed by atoms with E-state index in [4.69, 9.17) is 16.7 Å². The van der Waals surface area contributed by atoms with Crippen LogP contribution in [0.1, 0.15) is 24.0 Å². The summed E-state index contributed by atoms with van der Waals surface area (Å²) in [5.41, 5.74) is 2.40. The molecule has 0 amide bonds. The van der Waals surface area contributed by atoms with Crippen LogP contribution in [0.3, 0.4) is 0 Å². The van der Waals surface area contributed by atoms with Crippen LogP contribution in [-0.2, 0) is 23.5 Å². The number of thiazole rings is 1. The summed E-state index contributed by atoms with van der Waals surface area (Å²) < 4.78 is 2.73. The number of hydrogen-bond acceptors (Lipinski definition) is 5. The lowest BCUT2D eigenvalue weighted by Crippen LogP contribution is -2.02. The molecule has 2 rings (SSSR count). The van der Waals surface area contributed by atoms with Crippen LogP contribution >= 0.6 is 34.7 Å². The smallest absolute Gasteiger partial charge is 0.309 e. The predicted molar refractivity (Wildman–Crippen MR) is 80.7 cm³/mol. The zero-order valence-electron chi connectivity index (χ0n) is 11.1. The van der Waals surface area contributed by atoms with Gasteiger partial charge in [0.05, 0.1) is 28.5 Å². The second kappa shape index (κ2) is 6.60. The van der Waals surface area contributed by atoms with Crippen LogP contribution in [0.15, 0.2) is 9.72 Å². The molecule has 0 aliphatic heterocycles. The van der Waals surface area contributed by atoms with Crippen molar-refractivity contribution in [1.82, 2.24) is 14.8 Å². The summed E-state index contributed by atoms with van der Waals surface area (Å²) in [4.78, 5) is 14.9. The van der Waals surface area contributed by atoms with Crippen LogP contribution in [0.2, 0.25) is 5.02 Å². The van der Waals surface area contributed by atoms with Crippen LogP contribution in [0, 0.1) is 6.92 Å². The van der Waals surface area contributed by atoms with Crippen molar-refractivity contribution < 1.29 is 9.90 Å². The summed E-state index contributed by atoms with van der Waals surface area (Å²) in [6.45, 7) is 4.67. The number of rotatable bonds is 6. The maximum atomic E-state index is 10.6. The Kier molecular flexibility index (Phi) is 5.06. The molecule has 108 valence electrons. The van der Waals surface area contributed by atoms with Gasteiger partial charge in [-0.25, -0.2) is 4.98 Å². The third kappa shape index (κ3) is 3.53. The van der Waals surface area contributed by atoms with Crippen LogP contribution in [0.5, 0.6) is 0 Å². The van der Waals surface area contributed by atoms with Crippen molar-refractivity contribution >= 4 is 40.7 Å². The summed E-state index contributed by atoms with van der Waals surface area (Å²) in [6.07, 6.45) is -0.0379. The van der Waals surface area contributed by atoms with Crippen LogP contribution in [0.25, 0.3) is 0 Å². The van der Waals surface area contributed by atoms with Crippen molar-refractivity contribution in [2.45, 2.75) is 36.9 Å². The van der Waals surface area contributed by atoms with E-state index in [1.54, 1.807) is 17.1 Å². The number of carbonyl (C=O) groups is 1. The van der Waals surface area contributed by atoms with E-state index >= 15 is 0 Å². The van der Waals surface area contributed by atoms with E-state index in [1.807, 2.05) is 18.5 Å². The fourth-order valence-corrected chi connectivity index (χ4v) is 3.88. The van der Waals surface area contributed by atoms with Crippen molar-refractivity contribution in [1.29, 1.82) is 0 Å². The first-order valence-corrected chi connectivity index (χ1v) is 8.26. The maximum absolute atomic E-state index is 10.6. The van der Waals surface area contributed by atoms with Gasteiger partial charge in [-0.3, -0.25) is 9.48 Å². The van der Waals surface area contributed by atoms with Crippen molar-refractivity contribution in [3.8, 4) is 0 Å². The molecule has 0 aliphatic carbocycles. The lowest BCUT2D eigenvalue weighted by molar-refractivity contribution is -0.136. The molecule has 0 aliphatic rings. The molecule has 0 saturated heterocycles. The molecule has 0 bridgehead atoms. The Balaban J connectivity index is 2.05. The molecule has 8 heteroatoms. The third-order valence-electron chi connectivity index (χ3n) is 2.65. The molecular weight excluding hydrogens is 318 g/mol. The first kappa shape index (κ1) is 15.3. The van der Waals surface area contributed by atoms with Gasteiger partial charge in [0, 0.05) is 17.7 Å². The Bertz CT molecular complexity index is 624. The number of aromatic nitrogens is 3. The topological polar surface area (TPSA) is 68.0 Å². The van der Waals surface area contributed by atoms with Crippen molar-refractivity contribution in [2.75, 3.05) is 0 Å². The molecule has 5 nitrogen and oxygen atoms in total. The normalized spacial score (nSPS) is 10.9. The fraction of sp³-hybridized carbons (Fsp3) is 0.417.